The summed E-state index contributed by atoms with van der Waals surface area (Å²) in [5, 5.41) is 3.61. The minimum atomic E-state index is 0.342. The molecule has 2 atom stereocenters. The predicted molar refractivity (Wildman–Crippen MR) is 83.8 cm³/mol. The van der Waals surface area contributed by atoms with E-state index in [2.05, 4.69) is 36.2 Å². The number of likely N-dealkylation sites (tertiary alicyclic amines) is 1. The van der Waals surface area contributed by atoms with Gasteiger partial charge in [-0.15, -0.1) is 0 Å². The van der Waals surface area contributed by atoms with Gasteiger partial charge in [-0.3, -0.25) is 0 Å². The third-order valence-corrected chi connectivity index (χ3v) is 4.43. The zero-order valence-corrected chi connectivity index (χ0v) is 13.1. The maximum absolute atomic E-state index is 5.51. The van der Waals surface area contributed by atoms with E-state index in [1.165, 1.54) is 31.5 Å². The monoisotopic (exact) mass is 290 g/mol. The average molecular weight is 290 g/mol. The van der Waals surface area contributed by atoms with Gasteiger partial charge >= 0.3 is 0 Å². The fraction of sp³-hybridized carbons (Fsp3) is 0.647. The van der Waals surface area contributed by atoms with Gasteiger partial charge in [-0.05, 0) is 49.5 Å². The molecule has 0 radical (unpaired) electrons. The first-order valence-electron chi connectivity index (χ1n) is 8.11. The number of hydrogen-bond acceptors (Lipinski definition) is 4. The standard InChI is InChI=1S/C17H26N2O2/c1-3-18-15(11-19-8-4-5-13(2)10-19)14-6-7-16-17(9-14)21-12-20-16/h6-7,9,13,15,18H,3-5,8,10-12H2,1-2H3. The SMILES string of the molecule is CCNC(CN1CCCC(C)C1)c1ccc2c(c1)OCO2. The maximum Gasteiger partial charge on any atom is 0.231 e. The largest absolute Gasteiger partial charge is 0.454 e. The average Bonchev–Trinajstić information content (AvgIpc) is 2.94. The molecule has 0 spiro atoms. The van der Waals surface area contributed by atoms with Crippen molar-refractivity contribution in [2.24, 2.45) is 5.92 Å². The smallest absolute Gasteiger partial charge is 0.231 e. The van der Waals surface area contributed by atoms with Crippen molar-refractivity contribution in [3.63, 3.8) is 0 Å². The van der Waals surface area contributed by atoms with Crippen LogP contribution in [0.3, 0.4) is 0 Å². The van der Waals surface area contributed by atoms with Gasteiger partial charge in [-0.1, -0.05) is 19.9 Å². The zero-order chi connectivity index (χ0) is 14.7. The lowest BCUT2D eigenvalue weighted by Gasteiger charge is -2.34. The first-order chi connectivity index (χ1) is 10.3. The Morgan fingerprint density at radius 1 is 1.33 bits per heavy atom. The number of likely N-dealkylation sites (N-methyl/N-ethyl adjacent to an activating group) is 1. The minimum absolute atomic E-state index is 0.342. The third-order valence-electron chi connectivity index (χ3n) is 4.43. The van der Waals surface area contributed by atoms with Gasteiger partial charge in [0.2, 0.25) is 6.79 Å². The molecule has 3 rings (SSSR count). The molecule has 0 saturated carbocycles. The molecule has 1 fully saturated rings. The lowest BCUT2D eigenvalue weighted by molar-refractivity contribution is 0.167. The van der Waals surface area contributed by atoms with E-state index in [1.54, 1.807) is 0 Å². The van der Waals surface area contributed by atoms with Gasteiger partial charge in [-0.2, -0.15) is 0 Å². The lowest BCUT2D eigenvalue weighted by Crippen LogP contribution is -2.40. The molecule has 1 aromatic carbocycles. The molecule has 1 aromatic rings. The van der Waals surface area contributed by atoms with Gasteiger partial charge in [0.1, 0.15) is 0 Å². The Balaban J connectivity index is 1.71. The van der Waals surface area contributed by atoms with E-state index in [0.29, 0.717) is 12.8 Å². The molecule has 1 N–H and O–H groups in total. The number of nitrogens with zero attached hydrogens (tertiary/aromatic N) is 1. The zero-order valence-electron chi connectivity index (χ0n) is 13.1. The molecule has 2 aliphatic heterocycles. The summed E-state index contributed by atoms with van der Waals surface area (Å²) in [5.41, 5.74) is 1.29. The van der Waals surface area contributed by atoms with E-state index in [1.807, 2.05) is 6.07 Å². The van der Waals surface area contributed by atoms with Crippen molar-refractivity contribution in [1.29, 1.82) is 0 Å². The van der Waals surface area contributed by atoms with E-state index in [-0.39, 0.29) is 0 Å². The third kappa shape index (κ3) is 3.50. The molecular formula is C17H26N2O2. The van der Waals surface area contributed by atoms with Crippen LogP contribution in [0.15, 0.2) is 18.2 Å². The van der Waals surface area contributed by atoms with Crippen LogP contribution in [-0.2, 0) is 0 Å². The molecular weight excluding hydrogens is 264 g/mol. The fourth-order valence-electron chi connectivity index (χ4n) is 3.37. The summed E-state index contributed by atoms with van der Waals surface area (Å²) in [6, 6.07) is 6.67. The Morgan fingerprint density at radius 3 is 3.00 bits per heavy atom. The molecule has 0 bridgehead atoms. The normalized spacial score (nSPS) is 23.2. The Hall–Kier alpha value is -1.26. The van der Waals surface area contributed by atoms with Gasteiger partial charge in [0.15, 0.2) is 11.5 Å². The number of fused-ring (bicyclic) bond motifs is 1. The van der Waals surface area contributed by atoms with Crippen molar-refractivity contribution in [1.82, 2.24) is 10.2 Å². The topological polar surface area (TPSA) is 33.7 Å². The van der Waals surface area contributed by atoms with E-state index < -0.39 is 0 Å². The number of piperidine rings is 1. The van der Waals surface area contributed by atoms with Crippen molar-refractivity contribution in [2.45, 2.75) is 32.7 Å². The second kappa shape index (κ2) is 6.67. The van der Waals surface area contributed by atoms with Gasteiger partial charge in [0.25, 0.3) is 0 Å². The molecule has 2 unspecified atom stereocenters. The molecule has 0 aliphatic carbocycles. The highest BCUT2D eigenvalue weighted by atomic mass is 16.7. The number of benzene rings is 1. The Kier molecular flexibility index (Phi) is 4.66. The molecule has 2 heterocycles. The van der Waals surface area contributed by atoms with E-state index in [4.69, 9.17) is 9.47 Å². The van der Waals surface area contributed by atoms with Crippen molar-refractivity contribution in [3.8, 4) is 11.5 Å². The van der Waals surface area contributed by atoms with Gasteiger partial charge < -0.3 is 19.7 Å². The Morgan fingerprint density at radius 2 is 2.19 bits per heavy atom. The highest BCUT2D eigenvalue weighted by Crippen LogP contribution is 2.34. The quantitative estimate of drug-likeness (QED) is 0.904. The van der Waals surface area contributed by atoms with Crippen molar-refractivity contribution >= 4 is 0 Å². The summed E-state index contributed by atoms with van der Waals surface area (Å²) >= 11 is 0. The summed E-state index contributed by atoms with van der Waals surface area (Å²) in [6.45, 7) is 9.34. The number of ether oxygens (including phenoxy) is 2. The van der Waals surface area contributed by atoms with Crippen LogP contribution in [-0.4, -0.2) is 37.9 Å². The van der Waals surface area contributed by atoms with Crippen LogP contribution >= 0.6 is 0 Å². The molecule has 0 amide bonds. The number of nitrogens with one attached hydrogen (secondary N) is 1. The molecule has 21 heavy (non-hydrogen) atoms. The van der Waals surface area contributed by atoms with E-state index in [9.17, 15) is 0 Å². The highest BCUT2D eigenvalue weighted by molar-refractivity contribution is 5.45. The van der Waals surface area contributed by atoms with Crippen molar-refractivity contribution in [3.05, 3.63) is 23.8 Å². The molecule has 4 heteroatoms. The minimum Gasteiger partial charge on any atom is -0.454 e. The van der Waals surface area contributed by atoms with Crippen LogP contribution in [0.5, 0.6) is 11.5 Å². The van der Waals surface area contributed by atoms with Crippen LogP contribution in [0.25, 0.3) is 0 Å². The van der Waals surface area contributed by atoms with E-state index >= 15 is 0 Å². The number of rotatable bonds is 5. The lowest BCUT2D eigenvalue weighted by atomic mass is 9.98. The van der Waals surface area contributed by atoms with Crippen molar-refractivity contribution < 1.29 is 9.47 Å². The van der Waals surface area contributed by atoms with Gasteiger partial charge in [0, 0.05) is 19.1 Å². The molecule has 116 valence electrons. The fourth-order valence-corrected chi connectivity index (χ4v) is 3.37. The molecule has 1 saturated heterocycles. The van der Waals surface area contributed by atoms with Crippen molar-refractivity contribution in [2.75, 3.05) is 33.0 Å². The molecule has 4 nitrogen and oxygen atoms in total. The summed E-state index contributed by atoms with van der Waals surface area (Å²) in [7, 11) is 0. The summed E-state index contributed by atoms with van der Waals surface area (Å²) in [6.07, 6.45) is 2.69. The Labute approximate surface area is 127 Å². The van der Waals surface area contributed by atoms with Gasteiger partial charge in [-0.25, -0.2) is 0 Å². The first-order valence-corrected chi connectivity index (χ1v) is 8.11. The maximum atomic E-state index is 5.51. The van der Waals surface area contributed by atoms with Crippen LogP contribution in [0.4, 0.5) is 0 Å². The van der Waals surface area contributed by atoms with Crippen LogP contribution in [0, 0.1) is 5.92 Å². The molecule has 2 aliphatic rings. The predicted octanol–water partition coefficient (Wildman–Crippen LogP) is 2.80. The second-order valence-electron chi connectivity index (χ2n) is 6.23. The number of hydrogen-bond donors (Lipinski definition) is 1. The summed E-state index contributed by atoms with van der Waals surface area (Å²) in [4.78, 5) is 2.59. The first kappa shape index (κ1) is 14.7. The summed E-state index contributed by atoms with van der Waals surface area (Å²) in [5.74, 6) is 2.56. The van der Waals surface area contributed by atoms with Gasteiger partial charge in [0.05, 0.1) is 0 Å². The van der Waals surface area contributed by atoms with Crippen LogP contribution in [0.2, 0.25) is 0 Å². The Bertz CT molecular complexity index is 478. The van der Waals surface area contributed by atoms with E-state index in [0.717, 1.165) is 30.5 Å². The molecule has 0 aromatic heterocycles. The van der Waals surface area contributed by atoms with Crippen LogP contribution < -0.4 is 14.8 Å². The summed E-state index contributed by atoms with van der Waals surface area (Å²) < 4.78 is 10.9. The second-order valence-corrected chi connectivity index (χ2v) is 6.23. The van der Waals surface area contributed by atoms with Crippen LogP contribution in [0.1, 0.15) is 38.3 Å². The highest BCUT2D eigenvalue weighted by Gasteiger charge is 2.22.